The predicted octanol–water partition coefficient (Wildman–Crippen LogP) is 3.81. The number of fused-ring (bicyclic) bond motifs is 1. The fourth-order valence-electron chi connectivity index (χ4n) is 3.58. The Hall–Kier alpha value is -1.94. The van der Waals surface area contributed by atoms with Gasteiger partial charge in [0.25, 0.3) is 5.91 Å². The molecule has 158 valence electrons. The first-order chi connectivity index (χ1) is 14.3. The molecule has 0 bridgehead atoms. The number of nitrogens with one attached hydrogen (secondary N) is 2. The van der Waals surface area contributed by atoms with Crippen molar-refractivity contribution in [2.75, 3.05) is 5.32 Å². The van der Waals surface area contributed by atoms with E-state index in [1.807, 2.05) is 28.7 Å². The number of halogens is 3. The van der Waals surface area contributed by atoms with Crippen molar-refractivity contribution in [1.82, 2.24) is 24.7 Å². The van der Waals surface area contributed by atoms with Crippen LogP contribution in [0.5, 0.6) is 0 Å². The van der Waals surface area contributed by atoms with Crippen LogP contribution >= 0.6 is 31.8 Å². The molecule has 1 saturated carbocycles. The smallest absolute Gasteiger partial charge is 0.301 e. The average molecular weight is 544 g/mol. The van der Waals surface area contributed by atoms with Gasteiger partial charge in [-0.15, -0.1) is 0 Å². The van der Waals surface area contributed by atoms with E-state index in [1.54, 1.807) is 16.5 Å². The molecule has 1 unspecified atom stereocenters. The van der Waals surface area contributed by atoms with Crippen molar-refractivity contribution in [3.8, 4) is 0 Å². The molecule has 7 nitrogen and oxygen atoms in total. The molecule has 0 radical (unpaired) electrons. The number of imidazole rings is 1. The zero-order chi connectivity index (χ0) is 21.3. The predicted molar refractivity (Wildman–Crippen MR) is 121 cm³/mol. The van der Waals surface area contributed by atoms with Crippen LogP contribution in [-0.4, -0.2) is 37.3 Å². The zero-order valence-electron chi connectivity index (χ0n) is 15.9. The van der Waals surface area contributed by atoms with Crippen LogP contribution in [0.2, 0.25) is 0 Å². The van der Waals surface area contributed by atoms with E-state index in [-0.39, 0.29) is 23.7 Å². The summed E-state index contributed by atoms with van der Waals surface area (Å²) in [4.78, 5) is 24.4. The summed E-state index contributed by atoms with van der Waals surface area (Å²) in [6.07, 6.45) is 7.76. The van der Waals surface area contributed by atoms with Crippen molar-refractivity contribution in [3.05, 3.63) is 51.9 Å². The van der Waals surface area contributed by atoms with Crippen molar-refractivity contribution >= 4 is 49.2 Å². The molecule has 3 aromatic heterocycles. The van der Waals surface area contributed by atoms with Crippen LogP contribution in [0.1, 0.15) is 41.7 Å². The molecular formula is C19H20F2IN6OP. The number of anilines is 1. The molecule has 3 aromatic rings. The van der Waals surface area contributed by atoms with Gasteiger partial charge in [-0.1, -0.05) is 15.3 Å². The largest absolute Gasteiger partial charge is 0.368 e. The first-order valence-corrected chi connectivity index (χ1v) is 11.2. The number of hydrogen-bond donors (Lipinski definition) is 2. The highest BCUT2D eigenvalue weighted by molar-refractivity contribution is 14.1. The van der Waals surface area contributed by atoms with E-state index in [2.05, 4.69) is 25.6 Å². The summed E-state index contributed by atoms with van der Waals surface area (Å²) in [6, 6.07) is 5.62. The van der Waals surface area contributed by atoms with Gasteiger partial charge >= 0.3 is 5.66 Å². The van der Waals surface area contributed by atoms with Gasteiger partial charge < -0.3 is 10.6 Å². The van der Waals surface area contributed by atoms with Gasteiger partial charge in [0, 0.05) is 53.3 Å². The summed E-state index contributed by atoms with van der Waals surface area (Å²) < 4.78 is 29.4. The van der Waals surface area contributed by atoms with Gasteiger partial charge in [0.15, 0.2) is 3.83 Å². The Labute approximate surface area is 187 Å². The highest BCUT2D eigenvalue weighted by Crippen LogP contribution is 2.34. The number of nitrogens with zero attached hydrogens (tertiary/aromatic N) is 4. The minimum absolute atomic E-state index is 0.0845. The summed E-state index contributed by atoms with van der Waals surface area (Å²) in [7, 11) is 1.52. The minimum Gasteiger partial charge on any atom is -0.368 e. The Morgan fingerprint density at radius 3 is 2.50 bits per heavy atom. The molecule has 1 aliphatic carbocycles. The first kappa shape index (κ1) is 21.3. The second-order valence-corrected chi connectivity index (χ2v) is 8.99. The monoisotopic (exact) mass is 544 g/mol. The van der Waals surface area contributed by atoms with Crippen LogP contribution in [0, 0.1) is 3.83 Å². The van der Waals surface area contributed by atoms with Gasteiger partial charge in [-0.25, -0.2) is 15.0 Å². The Morgan fingerprint density at radius 2 is 1.83 bits per heavy atom. The molecule has 4 rings (SSSR count). The Morgan fingerprint density at radius 1 is 1.17 bits per heavy atom. The van der Waals surface area contributed by atoms with Crippen LogP contribution in [0.3, 0.4) is 0 Å². The van der Waals surface area contributed by atoms with Crippen LogP contribution in [0.25, 0.3) is 5.65 Å². The number of amides is 1. The lowest BCUT2D eigenvalue weighted by Gasteiger charge is -2.30. The number of carbonyl (C=O) groups is 1. The zero-order valence-corrected chi connectivity index (χ0v) is 19.2. The third kappa shape index (κ3) is 4.85. The molecule has 1 amide bonds. The molecule has 0 aromatic carbocycles. The van der Waals surface area contributed by atoms with Gasteiger partial charge in [0.1, 0.15) is 17.2 Å². The van der Waals surface area contributed by atoms with E-state index >= 15 is 0 Å². The molecule has 0 spiro atoms. The van der Waals surface area contributed by atoms with E-state index in [0.29, 0.717) is 15.0 Å². The van der Waals surface area contributed by atoms with Gasteiger partial charge in [0.05, 0.1) is 5.56 Å². The number of rotatable bonds is 5. The third-order valence-electron chi connectivity index (χ3n) is 5.13. The fourth-order valence-corrected chi connectivity index (χ4v) is 4.00. The van der Waals surface area contributed by atoms with Crippen molar-refractivity contribution in [2.45, 2.75) is 43.4 Å². The molecule has 11 heteroatoms. The number of aromatic nitrogens is 4. The van der Waals surface area contributed by atoms with Gasteiger partial charge in [-0.2, -0.15) is 8.78 Å². The molecular weight excluding hydrogens is 524 g/mol. The number of pyridine rings is 1. The van der Waals surface area contributed by atoms with Crippen molar-refractivity contribution in [2.24, 2.45) is 0 Å². The Balaban J connectivity index is 1.36. The van der Waals surface area contributed by atoms with E-state index in [1.165, 1.54) is 27.8 Å². The third-order valence-corrected chi connectivity index (χ3v) is 5.98. The van der Waals surface area contributed by atoms with Crippen molar-refractivity contribution in [3.63, 3.8) is 0 Å². The average Bonchev–Trinajstić information content (AvgIpc) is 3.16. The Bertz CT molecular complexity index is 1050. The van der Waals surface area contributed by atoms with Crippen molar-refractivity contribution < 1.29 is 13.6 Å². The van der Waals surface area contributed by atoms with E-state index in [4.69, 9.17) is 0 Å². The molecule has 2 N–H and O–H groups in total. The highest BCUT2D eigenvalue weighted by Gasteiger charge is 2.29. The SMILES string of the molecule is O=C(NC1CCC(Nc2cccc3nc(C(F)(F)P)cn23)CC1)c1cnc(I)nc1. The van der Waals surface area contributed by atoms with Crippen molar-refractivity contribution in [1.29, 1.82) is 0 Å². The lowest BCUT2D eigenvalue weighted by molar-refractivity contribution is 0.0925. The summed E-state index contributed by atoms with van der Waals surface area (Å²) in [5, 5.41) is 6.48. The van der Waals surface area contributed by atoms with Crippen LogP contribution < -0.4 is 10.6 Å². The van der Waals surface area contributed by atoms with Crippen LogP contribution in [-0.2, 0) is 5.66 Å². The summed E-state index contributed by atoms with van der Waals surface area (Å²) in [6.45, 7) is 0. The topological polar surface area (TPSA) is 84.2 Å². The maximum Gasteiger partial charge on any atom is 0.301 e. The first-order valence-electron chi connectivity index (χ1n) is 9.50. The Kier molecular flexibility index (Phi) is 6.15. The molecule has 30 heavy (non-hydrogen) atoms. The lowest BCUT2D eigenvalue weighted by atomic mass is 9.91. The summed E-state index contributed by atoms with van der Waals surface area (Å²) in [5.74, 6) is 0.556. The molecule has 1 aliphatic rings. The van der Waals surface area contributed by atoms with Gasteiger partial charge in [0.2, 0.25) is 0 Å². The second-order valence-electron chi connectivity index (χ2n) is 7.30. The maximum absolute atomic E-state index is 13.6. The normalized spacial score (nSPS) is 19.6. The fraction of sp³-hybridized carbons (Fsp3) is 0.368. The molecule has 0 saturated heterocycles. The summed E-state index contributed by atoms with van der Waals surface area (Å²) in [5.41, 5.74) is -2.43. The molecule has 1 fully saturated rings. The molecule has 1 atom stereocenters. The summed E-state index contributed by atoms with van der Waals surface area (Å²) >= 11 is 1.99. The van der Waals surface area contributed by atoms with Gasteiger partial charge in [-0.3, -0.25) is 9.20 Å². The highest BCUT2D eigenvalue weighted by atomic mass is 127. The second kappa shape index (κ2) is 8.66. The number of hydrogen-bond acceptors (Lipinski definition) is 5. The quantitative estimate of drug-likeness (QED) is 0.290. The van der Waals surface area contributed by atoms with E-state index in [9.17, 15) is 13.6 Å². The molecule has 3 heterocycles. The minimum atomic E-state index is -3.07. The molecule has 0 aliphatic heterocycles. The van der Waals surface area contributed by atoms with E-state index < -0.39 is 5.66 Å². The van der Waals surface area contributed by atoms with Gasteiger partial charge in [-0.05, 0) is 37.8 Å². The van der Waals surface area contributed by atoms with Crippen LogP contribution in [0.4, 0.5) is 14.6 Å². The van der Waals surface area contributed by atoms with E-state index in [0.717, 1.165) is 31.5 Å². The number of carbonyl (C=O) groups excluding carboxylic acids is 1. The number of alkyl halides is 2. The maximum atomic E-state index is 13.6. The standard InChI is InChI=1S/C19H20F2IN6OP/c20-19(21,30)14-10-28-15(2-1-3-16(28)27-14)25-12-4-6-13(7-5-12)26-17(29)11-8-23-18(22)24-9-11/h1-3,8-10,12-13,25H,4-7,30H2,(H,26,29). The lowest BCUT2D eigenvalue weighted by Crippen LogP contribution is -2.40. The van der Waals surface area contributed by atoms with Crippen LogP contribution in [0.15, 0.2) is 36.8 Å².